The Balaban J connectivity index is 1.66. The second-order valence-electron chi connectivity index (χ2n) is 11.7. The van der Waals surface area contributed by atoms with Crippen molar-refractivity contribution in [3.8, 4) is 0 Å². The molecular weight excluding hydrogens is 590 g/mol. The number of amides is 4. The number of aliphatic hydroxyl groups is 4. The van der Waals surface area contributed by atoms with Crippen LogP contribution in [0.4, 0.5) is 4.79 Å². The number of unbranched alkanes of at least 4 members (excludes halogenated alkanes) is 1. The average molecular weight is 638 g/mol. The van der Waals surface area contributed by atoms with Crippen LogP contribution < -0.4 is 21.7 Å². The fourth-order valence-corrected chi connectivity index (χ4v) is 5.43. The van der Waals surface area contributed by atoms with Gasteiger partial charge in [0.15, 0.2) is 6.29 Å². The fourth-order valence-electron chi connectivity index (χ4n) is 5.43. The first kappa shape index (κ1) is 36.1. The van der Waals surface area contributed by atoms with Crippen LogP contribution in [0.25, 0.3) is 0 Å². The van der Waals surface area contributed by atoms with E-state index < -0.39 is 79.2 Å². The van der Waals surface area contributed by atoms with E-state index in [0.717, 1.165) is 5.56 Å². The Hall–Kier alpha value is -3.34. The number of nitrogens with one attached hydrogen (secondary N) is 3. The van der Waals surface area contributed by atoms with Crippen molar-refractivity contribution >= 4 is 23.8 Å². The summed E-state index contributed by atoms with van der Waals surface area (Å²) in [6.07, 6.45) is -4.74. The highest BCUT2D eigenvalue weighted by Crippen LogP contribution is 2.24. The van der Waals surface area contributed by atoms with E-state index in [1.165, 1.54) is 4.90 Å². The Bertz CT molecular complexity index is 1130. The summed E-state index contributed by atoms with van der Waals surface area (Å²) in [6.45, 7) is 3.47. The Morgan fingerprint density at radius 1 is 1.07 bits per heavy atom. The smallest absolute Gasteiger partial charge is 0.408 e. The first-order valence-corrected chi connectivity index (χ1v) is 15.4. The average Bonchev–Trinajstić information content (AvgIpc) is 3.52. The number of alkyl carbamates (subject to hydrolysis) is 1. The summed E-state index contributed by atoms with van der Waals surface area (Å²) in [5.41, 5.74) is 6.39. The molecule has 1 aromatic carbocycles. The van der Waals surface area contributed by atoms with E-state index in [-0.39, 0.29) is 31.9 Å². The molecular formula is C30H47N5O10. The quantitative estimate of drug-likeness (QED) is 0.109. The summed E-state index contributed by atoms with van der Waals surface area (Å²) >= 11 is 0. The van der Waals surface area contributed by atoms with Crippen LogP contribution >= 0.6 is 0 Å². The SMILES string of the molecule is CC(C)[C@H](NC(=O)[C@H](CCCCN)NC(=O)OCc1ccccc1)C(=O)N1CCC[C@H]1C(=O)N[C@@H]1[C@@H](O)[C@H](O)[C@@H](CO)O[C@H]1O. The first-order chi connectivity index (χ1) is 21.5. The Kier molecular flexibility index (Phi) is 14.0. The van der Waals surface area contributed by atoms with Crippen molar-refractivity contribution in [3.63, 3.8) is 0 Å². The van der Waals surface area contributed by atoms with Gasteiger partial charge in [0.25, 0.3) is 0 Å². The van der Waals surface area contributed by atoms with Gasteiger partial charge in [0.1, 0.15) is 49.1 Å². The Labute approximate surface area is 262 Å². The highest BCUT2D eigenvalue weighted by atomic mass is 16.6. The topological polar surface area (TPSA) is 233 Å². The van der Waals surface area contributed by atoms with Crippen LogP contribution in [0.15, 0.2) is 30.3 Å². The van der Waals surface area contributed by atoms with Crippen molar-refractivity contribution in [3.05, 3.63) is 35.9 Å². The lowest BCUT2D eigenvalue weighted by Crippen LogP contribution is -2.66. The zero-order chi connectivity index (χ0) is 33.1. The van der Waals surface area contributed by atoms with E-state index in [2.05, 4.69) is 16.0 Å². The largest absolute Gasteiger partial charge is 0.445 e. The lowest BCUT2D eigenvalue weighted by atomic mass is 9.96. The summed E-state index contributed by atoms with van der Waals surface area (Å²) in [4.78, 5) is 54.4. The molecule has 3 rings (SSSR count). The molecule has 8 atom stereocenters. The van der Waals surface area contributed by atoms with Crippen molar-refractivity contribution < 1.29 is 49.1 Å². The normalized spacial score (nSPS) is 26.2. The van der Waals surface area contributed by atoms with Gasteiger partial charge in [-0.15, -0.1) is 0 Å². The highest BCUT2D eigenvalue weighted by molar-refractivity contribution is 5.94. The van der Waals surface area contributed by atoms with E-state index in [0.29, 0.717) is 25.8 Å². The van der Waals surface area contributed by atoms with Gasteiger partial charge in [-0.05, 0) is 50.1 Å². The maximum atomic E-state index is 13.8. The lowest BCUT2D eigenvalue weighted by Gasteiger charge is -2.41. The zero-order valence-corrected chi connectivity index (χ0v) is 25.7. The second kappa shape index (κ2) is 17.4. The van der Waals surface area contributed by atoms with Crippen molar-refractivity contribution in [2.45, 2.75) is 101 Å². The molecule has 0 unspecified atom stereocenters. The molecule has 0 radical (unpaired) electrons. The molecule has 15 heteroatoms. The number of rotatable bonds is 14. The minimum absolute atomic E-state index is 0.0113. The van der Waals surface area contributed by atoms with Gasteiger partial charge < -0.3 is 56.5 Å². The van der Waals surface area contributed by atoms with Crippen LogP contribution in [0, 0.1) is 5.92 Å². The summed E-state index contributed by atoms with van der Waals surface area (Å²) in [7, 11) is 0. The molecule has 2 heterocycles. The third-order valence-corrected chi connectivity index (χ3v) is 8.05. The van der Waals surface area contributed by atoms with Crippen LogP contribution in [0.5, 0.6) is 0 Å². The van der Waals surface area contributed by atoms with Gasteiger partial charge in [0.2, 0.25) is 17.7 Å². The van der Waals surface area contributed by atoms with Crippen molar-refractivity contribution in [2.75, 3.05) is 19.7 Å². The number of benzene rings is 1. The third kappa shape index (κ3) is 9.82. The number of ether oxygens (including phenoxy) is 2. The van der Waals surface area contributed by atoms with Crippen LogP contribution in [0.3, 0.4) is 0 Å². The van der Waals surface area contributed by atoms with Gasteiger partial charge in [-0.25, -0.2) is 4.79 Å². The number of carbonyl (C=O) groups excluding carboxylic acids is 4. The molecule has 2 aliphatic rings. The Morgan fingerprint density at radius 3 is 2.42 bits per heavy atom. The molecule has 15 nitrogen and oxygen atoms in total. The number of aliphatic hydroxyl groups excluding tert-OH is 4. The van der Waals surface area contributed by atoms with Crippen LogP contribution in [-0.2, 0) is 30.5 Å². The summed E-state index contributed by atoms with van der Waals surface area (Å²) < 4.78 is 10.4. The summed E-state index contributed by atoms with van der Waals surface area (Å²) in [5, 5.41) is 48.0. The zero-order valence-electron chi connectivity index (χ0n) is 25.7. The van der Waals surface area contributed by atoms with Crippen molar-refractivity contribution in [2.24, 2.45) is 11.7 Å². The fraction of sp³-hybridized carbons (Fsp3) is 0.667. The lowest BCUT2D eigenvalue weighted by molar-refractivity contribution is -0.254. The van der Waals surface area contributed by atoms with E-state index in [9.17, 15) is 39.6 Å². The molecule has 0 aliphatic carbocycles. The Morgan fingerprint density at radius 2 is 1.78 bits per heavy atom. The third-order valence-electron chi connectivity index (χ3n) is 8.05. The van der Waals surface area contributed by atoms with E-state index in [1.807, 2.05) is 18.2 Å². The van der Waals surface area contributed by atoms with Gasteiger partial charge in [0, 0.05) is 6.54 Å². The molecule has 0 spiro atoms. The first-order valence-electron chi connectivity index (χ1n) is 15.4. The maximum absolute atomic E-state index is 13.8. The van der Waals surface area contributed by atoms with Crippen LogP contribution in [0.2, 0.25) is 0 Å². The summed E-state index contributed by atoms with van der Waals surface area (Å²) in [6, 6.07) is 4.63. The molecule has 1 aromatic rings. The number of carbonyl (C=O) groups is 4. The molecule has 4 amide bonds. The maximum Gasteiger partial charge on any atom is 0.408 e. The molecule has 0 saturated carbocycles. The van der Waals surface area contributed by atoms with E-state index in [4.69, 9.17) is 15.2 Å². The molecule has 252 valence electrons. The molecule has 45 heavy (non-hydrogen) atoms. The molecule has 9 N–H and O–H groups in total. The van der Waals surface area contributed by atoms with Crippen LogP contribution in [0.1, 0.15) is 51.5 Å². The van der Waals surface area contributed by atoms with Crippen molar-refractivity contribution in [1.29, 1.82) is 0 Å². The number of nitrogens with two attached hydrogens (primary N) is 1. The van der Waals surface area contributed by atoms with Gasteiger partial charge >= 0.3 is 6.09 Å². The number of nitrogens with zero attached hydrogens (tertiary/aromatic N) is 1. The molecule has 0 aromatic heterocycles. The van der Waals surface area contributed by atoms with Gasteiger partial charge in [-0.1, -0.05) is 44.2 Å². The minimum Gasteiger partial charge on any atom is -0.445 e. The van der Waals surface area contributed by atoms with E-state index >= 15 is 0 Å². The molecule has 2 aliphatic heterocycles. The van der Waals surface area contributed by atoms with Gasteiger partial charge in [0.05, 0.1) is 6.61 Å². The van der Waals surface area contributed by atoms with Gasteiger partial charge in [-0.2, -0.15) is 0 Å². The summed E-state index contributed by atoms with van der Waals surface area (Å²) in [5.74, 6) is -2.17. The molecule has 2 saturated heterocycles. The predicted molar refractivity (Wildman–Crippen MR) is 160 cm³/mol. The standard InChI is InChI=1S/C30H47N5O10/c1-17(2)22(33-26(39)19(11-6-7-13-31)32-30(43)44-16-18-9-4-3-5-10-18)28(41)35-14-8-12-20(35)27(40)34-23-25(38)24(37)21(15-36)45-29(23)42/h3-5,9-10,17,19-25,29,36-38,42H,6-8,11-16,31H2,1-2H3,(H,32,43)(H,33,39)(H,34,40)/t19-,20-,21+,22-,23+,24+,25+,29+/m0/s1. The van der Waals surface area contributed by atoms with Crippen molar-refractivity contribution in [1.82, 2.24) is 20.9 Å². The number of hydrogen-bond donors (Lipinski definition) is 8. The minimum atomic E-state index is -1.71. The second-order valence-corrected chi connectivity index (χ2v) is 11.7. The van der Waals surface area contributed by atoms with Crippen LogP contribution in [-0.4, -0.2) is 118 Å². The van der Waals surface area contributed by atoms with E-state index in [1.54, 1.807) is 26.0 Å². The highest BCUT2D eigenvalue weighted by Gasteiger charge is 2.46. The monoisotopic (exact) mass is 637 g/mol. The number of hydrogen-bond acceptors (Lipinski definition) is 11. The molecule has 2 fully saturated rings. The molecule has 0 bridgehead atoms. The number of likely N-dealkylation sites (tertiary alicyclic amines) is 1. The van der Waals surface area contributed by atoms with Gasteiger partial charge in [-0.3, -0.25) is 14.4 Å². The predicted octanol–water partition coefficient (Wildman–Crippen LogP) is -1.54.